The van der Waals surface area contributed by atoms with E-state index in [1.54, 1.807) is 57.5 Å². The van der Waals surface area contributed by atoms with E-state index in [1.807, 2.05) is 32.0 Å². The smallest absolute Gasteiger partial charge is 0.265 e. The van der Waals surface area contributed by atoms with Gasteiger partial charge in [-0.3, -0.25) is 9.59 Å². The molecule has 0 fully saturated rings. The van der Waals surface area contributed by atoms with Gasteiger partial charge >= 0.3 is 0 Å². The standard InChI is InChI=1S/C28H31ClN2O5/c1-17-14-21(15-18(2)26(17)29)36-19(3)27(32)31-23-9-7-6-8-22(23)28(33)30-13-12-20-10-11-24(34-4)25(16-20)35-5/h6-11,14-16,19H,12-13H2,1-5H3,(H,30,33)(H,31,32)/t19-/m1/s1. The Balaban J connectivity index is 1.61. The van der Waals surface area contributed by atoms with Gasteiger partial charge in [-0.1, -0.05) is 29.8 Å². The van der Waals surface area contributed by atoms with Crippen molar-refractivity contribution in [3.63, 3.8) is 0 Å². The Morgan fingerprint density at radius 3 is 2.28 bits per heavy atom. The molecule has 7 nitrogen and oxygen atoms in total. The summed E-state index contributed by atoms with van der Waals surface area (Å²) >= 11 is 6.22. The van der Waals surface area contributed by atoms with Gasteiger partial charge in [-0.2, -0.15) is 0 Å². The van der Waals surface area contributed by atoms with Gasteiger partial charge in [-0.05, 0) is 80.3 Å². The summed E-state index contributed by atoms with van der Waals surface area (Å²) in [4.78, 5) is 25.7. The summed E-state index contributed by atoms with van der Waals surface area (Å²) in [6, 6.07) is 16.1. The van der Waals surface area contributed by atoms with E-state index in [0.717, 1.165) is 16.7 Å². The van der Waals surface area contributed by atoms with E-state index in [1.165, 1.54) is 0 Å². The Kier molecular flexibility index (Phi) is 9.19. The zero-order chi connectivity index (χ0) is 26.2. The molecule has 0 aliphatic heterocycles. The molecule has 0 saturated heterocycles. The molecule has 2 amide bonds. The highest BCUT2D eigenvalue weighted by atomic mass is 35.5. The van der Waals surface area contributed by atoms with Crippen LogP contribution < -0.4 is 24.8 Å². The predicted octanol–water partition coefficient (Wildman–Crippen LogP) is 5.35. The Morgan fingerprint density at radius 2 is 1.61 bits per heavy atom. The number of hydrogen-bond acceptors (Lipinski definition) is 5. The normalized spacial score (nSPS) is 11.4. The van der Waals surface area contributed by atoms with Crippen molar-refractivity contribution in [3.8, 4) is 17.2 Å². The number of methoxy groups -OCH3 is 2. The van der Waals surface area contributed by atoms with Crippen LogP contribution in [0.15, 0.2) is 54.6 Å². The minimum atomic E-state index is -0.786. The molecule has 190 valence electrons. The Hall–Kier alpha value is -3.71. The van der Waals surface area contributed by atoms with Crippen LogP contribution in [-0.4, -0.2) is 38.7 Å². The van der Waals surface area contributed by atoms with Crippen molar-refractivity contribution >= 4 is 29.1 Å². The lowest BCUT2D eigenvalue weighted by Crippen LogP contribution is -2.32. The van der Waals surface area contributed by atoms with Crippen molar-refractivity contribution in [2.45, 2.75) is 33.3 Å². The molecule has 3 aromatic rings. The van der Waals surface area contributed by atoms with Crippen LogP contribution in [0.3, 0.4) is 0 Å². The second kappa shape index (κ2) is 12.3. The first-order valence-electron chi connectivity index (χ1n) is 11.6. The number of anilines is 1. The number of nitrogens with one attached hydrogen (secondary N) is 2. The van der Waals surface area contributed by atoms with Crippen molar-refractivity contribution in [1.29, 1.82) is 0 Å². The highest BCUT2D eigenvalue weighted by molar-refractivity contribution is 6.32. The molecule has 1 atom stereocenters. The van der Waals surface area contributed by atoms with Crippen LogP contribution in [0.2, 0.25) is 5.02 Å². The first kappa shape index (κ1) is 26.9. The van der Waals surface area contributed by atoms with E-state index in [4.69, 9.17) is 25.8 Å². The molecule has 2 N–H and O–H groups in total. The minimum Gasteiger partial charge on any atom is -0.493 e. The third kappa shape index (κ3) is 6.70. The highest BCUT2D eigenvalue weighted by Gasteiger charge is 2.19. The monoisotopic (exact) mass is 510 g/mol. The van der Waals surface area contributed by atoms with Crippen molar-refractivity contribution in [2.75, 3.05) is 26.1 Å². The van der Waals surface area contributed by atoms with Gasteiger partial charge in [0.1, 0.15) is 5.75 Å². The lowest BCUT2D eigenvalue weighted by molar-refractivity contribution is -0.122. The number of aryl methyl sites for hydroxylation is 2. The number of para-hydroxylation sites is 1. The van der Waals surface area contributed by atoms with Gasteiger partial charge in [0.25, 0.3) is 11.8 Å². The third-order valence-corrected chi connectivity index (χ3v) is 6.26. The van der Waals surface area contributed by atoms with Crippen LogP contribution in [0.25, 0.3) is 0 Å². The van der Waals surface area contributed by atoms with E-state index >= 15 is 0 Å². The van der Waals surface area contributed by atoms with Crippen LogP contribution in [0.5, 0.6) is 17.2 Å². The van der Waals surface area contributed by atoms with Crippen LogP contribution in [0.1, 0.15) is 34.0 Å². The fourth-order valence-corrected chi connectivity index (χ4v) is 3.82. The van der Waals surface area contributed by atoms with Gasteiger partial charge in [0.15, 0.2) is 17.6 Å². The van der Waals surface area contributed by atoms with E-state index in [2.05, 4.69) is 10.6 Å². The van der Waals surface area contributed by atoms with E-state index in [0.29, 0.717) is 46.5 Å². The third-order valence-electron chi connectivity index (χ3n) is 5.67. The molecule has 0 spiro atoms. The molecule has 0 aromatic heterocycles. The van der Waals surface area contributed by atoms with E-state index in [-0.39, 0.29) is 11.8 Å². The van der Waals surface area contributed by atoms with Crippen molar-refractivity contribution in [1.82, 2.24) is 5.32 Å². The number of ether oxygens (including phenoxy) is 3. The SMILES string of the molecule is COc1ccc(CCNC(=O)c2ccccc2NC(=O)[C@@H](C)Oc2cc(C)c(Cl)c(C)c2)cc1OC. The Labute approximate surface area is 216 Å². The summed E-state index contributed by atoms with van der Waals surface area (Å²) in [7, 11) is 3.17. The molecule has 0 bridgehead atoms. The molecule has 0 aliphatic rings. The quantitative estimate of drug-likeness (QED) is 0.384. The fourth-order valence-electron chi connectivity index (χ4n) is 3.71. The second-order valence-electron chi connectivity index (χ2n) is 8.36. The molecule has 3 aromatic carbocycles. The summed E-state index contributed by atoms with van der Waals surface area (Å²) in [6.45, 7) is 5.83. The number of carbonyl (C=O) groups excluding carboxylic acids is 2. The number of hydrogen-bond donors (Lipinski definition) is 2. The number of amides is 2. The molecule has 0 aliphatic carbocycles. The van der Waals surface area contributed by atoms with Crippen LogP contribution in [0, 0.1) is 13.8 Å². The molecule has 36 heavy (non-hydrogen) atoms. The first-order valence-corrected chi connectivity index (χ1v) is 11.9. The van der Waals surface area contributed by atoms with Crippen molar-refractivity contribution in [3.05, 3.63) is 81.9 Å². The molecular formula is C28H31ClN2O5. The maximum absolute atomic E-state index is 12.9. The molecule has 0 heterocycles. The van der Waals surface area contributed by atoms with Gasteiger partial charge in [0.05, 0.1) is 25.5 Å². The largest absolute Gasteiger partial charge is 0.493 e. The maximum atomic E-state index is 12.9. The maximum Gasteiger partial charge on any atom is 0.265 e. The van der Waals surface area contributed by atoms with Gasteiger partial charge in [-0.15, -0.1) is 0 Å². The topological polar surface area (TPSA) is 85.9 Å². The van der Waals surface area contributed by atoms with Gasteiger partial charge in [0, 0.05) is 11.6 Å². The summed E-state index contributed by atoms with van der Waals surface area (Å²) in [6.07, 6.45) is -0.183. The summed E-state index contributed by atoms with van der Waals surface area (Å²) in [5.41, 5.74) is 3.51. The summed E-state index contributed by atoms with van der Waals surface area (Å²) in [5.74, 6) is 1.18. The highest BCUT2D eigenvalue weighted by Crippen LogP contribution is 2.28. The zero-order valence-corrected chi connectivity index (χ0v) is 21.9. The average Bonchev–Trinajstić information content (AvgIpc) is 2.87. The second-order valence-corrected chi connectivity index (χ2v) is 8.74. The number of carbonyl (C=O) groups is 2. The predicted molar refractivity (Wildman–Crippen MR) is 142 cm³/mol. The Morgan fingerprint density at radius 1 is 0.944 bits per heavy atom. The Bertz CT molecular complexity index is 1220. The zero-order valence-electron chi connectivity index (χ0n) is 21.1. The molecule has 3 rings (SSSR count). The fraction of sp³-hybridized carbons (Fsp3) is 0.286. The lowest BCUT2D eigenvalue weighted by atomic mass is 10.1. The molecule has 8 heteroatoms. The summed E-state index contributed by atoms with van der Waals surface area (Å²) in [5, 5.41) is 6.39. The van der Waals surface area contributed by atoms with Gasteiger partial charge in [-0.25, -0.2) is 0 Å². The molecule has 0 saturated carbocycles. The number of rotatable bonds is 10. The van der Waals surface area contributed by atoms with Crippen LogP contribution in [-0.2, 0) is 11.2 Å². The van der Waals surface area contributed by atoms with Gasteiger partial charge < -0.3 is 24.8 Å². The summed E-state index contributed by atoms with van der Waals surface area (Å²) < 4.78 is 16.4. The lowest BCUT2D eigenvalue weighted by Gasteiger charge is -2.17. The first-order chi connectivity index (χ1) is 17.2. The molecule has 0 radical (unpaired) electrons. The molecular weight excluding hydrogens is 480 g/mol. The van der Waals surface area contributed by atoms with Crippen LogP contribution in [0.4, 0.5) is 5.69 Å². The number of benzene rings is 3. The van der Waals surface area contributed by atoms with Crippen molar-refractivity contribution in [2.24, 2.45) is 0 Å². The van der Waals surface area contributed by atoms with E-state index in [9.17, 15) is 9.59 Å². The van der Waals surface area contributed by atoms with Gasteiger partial charge in [0.2, 0.25) is 0 Å². The molecule has 0 unspecified atom stereocenters. The average molecular weight is 511 g/mol. The van der Waals surface area contributed by atoms with Crippen molar-refractivity contribution < 1.29 is 23.8 Å². The minimum absolute atomic E-state index is 0.288. The van der Waals surface area contributed by atoms with E-state index < -0.39 is 6.10 Å². The number of halogens is 1. The van der Waals surface area contributed by atoms with Crippen LogP contribution >= 0.6 is 11.6 Å².